The molecule has 1 aromatic heterocycles. The molecule has 3 fully saturated rings. The molecule has 0 bridgehead atoms. The molecule has 6 rings (SSSR count). The molecule has 2 aliphatic carbocycles. The molecule has 15 nitrogen and oxygen atoms in total. The first kappa shape index (κ1) is 41.2. The van der Waals surface area contributed by atoms with Crippen molar-refractivity contribution in [1.82, 2.24) is 30.0 Å². The lowest BCUT2D eigenvalue weighted by Gasteiger charge is -2.33. The highest BCUT2D eigenvalue weighted by Gasteiger charge is 2.63. The Morgan fingerprint density at radius 1 is 1.05 bits per heavy atom. The number of alkyl carbamates (subject to hydrolysis) is 1. The highest BCUT2D eigenvalue weighted by Crippen LogP contribution is 2.47. The number of amides is 4. The van der Waals surface area contributed by atoms with E-state index in [9.17, 15) is 32.4 Å². The molecule has 0 spiro atoms. The van der Waals surface area contributed by atoms with Crippen LogP contribution >= 0.6 is 0 Å². The number of benzene rings is 1. The third kappa shape index (κ3) is 8.44. The zero-order valence-electron chi connectivity index (χ0n) is 33.6. The van der Waals surface area contributed by atoms with Crippen LogP contribution in [0.15, 0.2) is 41.2 Å². The number of nitrogens with zero attached hydrogens (tertiary/aromatic N) is 3. The van der Waals surface area contributed by atoms with Crippen molar-refractivity contribution in [3.05, 3.63) is 46.8 Å². The Labute approximate surface area is 328 Å². The Morgan fingerprint density at radius 3 is 2.38 bits per heavy atom. The van der Waals surface area contributed by atoms with Crippen LogP contribution in [0.3, 0.4) is 0 Å². The lowest BCUT2D eigenvalue weighted by atomic mass is 9.88. The summed E-state index contributed by atoms with van der Waals surface area (Å²) in [4.78, 5) is 71.2. The average Bonchev–Trinajstić information content (AvgIpc) is 3.99. The molecular weight excluding hydrogens is 741 g/mol. The summed E-state index contributed by atoms with van der Waals surface area (Å²) in [6, 6.07) is 4.35. The fraction of sp³-hybridized carbons (Fsp3) is 0.650. The van der Waals surface area contributed by atoms with E-state index in [1.807, 2.05) is 32.9 Å². The first-order valence-electron chi connectivity index (χ1n) is 19.7. The van der Waals surface area contributed by atoms with Crippen molar-refractivity contribution >= 4 is 44.6 Å². The zero-order valence-corrected chi connectivity index (χ0v) is 34.4. The summed E-state index contributed by atoms with van der Waals surface area (Å²) in [5.41, 5.74) is -2.69. The molecule has 2 saturated carbocycles. The van der Waals surface area contributed by atoms with E-state index in [0.29, 0.717) is 36.5 Å². The minimum atomic E-state index is -4.02. The lowest BCUT2D eigenvalue weighted by Crippen LogP contribution is -2.59. The Bertz CT molecular complexity index is 2090. The second-order valence-corrected chi connectivity index (χ2v) is 20.0. The van der Waals surface area contributed by atoms with Gasteiger partial charge in [-0.25, -0.2) is 17.9 Å². The average molecular weight is 797 g/mol. The Kier molecular flexibility index (Phi) is 11.1. The molecule has 16 heteroatoms. The fourth-order valence-electron chi connectivity index (χ4n) is 7.80. The monoisotopic (exact) mass is 796 g/mol. The number of fused-ring (bicyclic) bond motifs is 3. The van der Waals surface area contributed by atoms with E-state index in [0.717, 1.165) is 6.42 Å². The number of nitrogens with one attached hydrogen (secondary N) is 3. The summed E-state index contributed by atoms with van der Waals surface area (Å²) in [7, 11) is -4.02. The van der Waals surface area contributed by atoms with Gasteiger partial charge in [-0.1, -0.05) is 38.1 Å². The third-order valence-electron chi connectivity index (χ3n) is 11.5. The Balaban J connectivity index is 1.38. The second-order valence-electron chi connectivity index (χ2n) is 17.8. The van der Waals surface area contributed by atoms with E-state index in [4.69, 9.17) is 9.47 Å². The zero-order chi connectivity index (χ0) is 41.0. The molecule has 3 N–H and O–H groups in total. The summed E-state index contributed by atoms with van der Waals surface area (Å²) < 4.78 is 41.0. The van der Waals surface area contributed by atoms with Gasteiger partial charge in [0.05, 0.1) is 28.1 Å². The van der Waals surface area contributed by atoms with Gasteiger partial charge in [0.25, 0.3) is 11.5 Å². The van der Waals surface area contributed by atoms with Gasteiger partial charge in [-0.05, 0) is 104 Å². The van der Waals surface area contributed by atoms with Crippen LogP contribution in [0.5, 0.6) is 5.88 Å². The van der Waals surface area contributed by atoms with E-state index < -0.39 is 73.8 Å². The summed E-state index contributed by atoms with van der Waals surface area (Å²) in [5, 5.41) is 11.1. The molecule has 3 heterocycles. The molecule has 0 unspecified atom stereocenters. The van der Waals surface area contributed by atoms with Crippen molar-refractivity contribution in [2.75, 3.05) is 6.54 Å². The largest absolute Gasteiger partial charge is 0.471 e. The van der Waals surface area contributed by atoms with Crippen LogP contribution in [-0.4, -0.2) is 87.5 Å². The van der Waals surface area contributed by atoms with Gasteiger partial charge in [-0.15, -0.1) is 5.10 Å². The molecule has 56 heavy (non-hydrogen) atoms. The highest BCUT2D eigenvalue weighted by molar-refractivity contribution is 7.91. The van der Waals surface area contributed by atoms with Crippen molar-refractivity contribution in [3.8, 4) is 5.88 Å². The van der Waals surface area contributed by atoms with E-state index in [-0.39, 0.29) is 48.7 Å². The van der Waals surface area contributed by atoms with Crippen molar-refractivity contribution in [2.45, 2.75) is 140 Å². The van der Waals surface area contributed by atoms with Gasteiger partial charge in [0.1, 0.15) is 29.3 Å². The van der Waals surface area contributed by atoms with Gasteiger partial charge in [0.2, 0.25) is 27.7 Å². The van der Waals surface area contributed by atoms with Crippen LogP contribution in [0.4, 0.5) is 4.79 Å². The predicted molar refractivity (Wildman–Crippen MR) is 209 cm³/mol. The molecule has 7 atom stereocenters. The van der Waals surface area contributed by atoms with Crippen molar-refractivity contribution in [2.24, 2.45) is 17.8 Å². The number of ether oxygens (including phenoxy) is 2. The minimum Gasteiger partial charge on any atom is -0.471 e. The molecule has 4 amide bonds. The van der Waals surface area contributed by atoms with Crippen LogP contribution in [0.25, 0.3) is 10.8 Å². The Hall–Kier alpha value is -4.47. The quantitative estimate of drug-likeness (QED) is 0.344. The normalized spacial score (nSPS) is 29.9. The van der Waals surface area contributed by atoms with Gasteiger partial charge in [0, 0.05) is 12.3 Å². The van der Waals surface area contributed by atoms with Crippen molar-refractivity contribution in [1.29, 1.82) is 0 Å². The first-order valence-corrected chi connectivity index (χ1v) is 21.2. The molecule has 306 valence electrons. The second kappa shape index (κ2) is 15.1. The highest BCUT2D eigenvalue weighted by atomic mass is 32.2. The maximum absolute atomic E-state index is 14.8. The standard InChI is InChI=1S/C40H56N6O9S/c1-23(2)46-34(48)29-16-12-11-15-28(29)33(43-46)54-27-20-30-32(47)42-40(36(50)44-56(52,53)39(8)17-18-39)21-26(40)14-10-9-13-24(3)19-25(4)31(35(49)45(30)22-27)41-37(51)55-38(5,6)7/h10-12,14-16,23-27,30-31H,9,13,17-22H2,1-8H3,(H,41,51)(H,42,47)(H,44,50)/b14-10-/t24-,25+,26+,27+,30-,31-,40+/m0/s1. The number of allylic oxidation sites excluding steroid dienone is 1. The summed E-state index contributed by atoms with van der Waals surface area (Å²) in [5.74, 6) is -2.57. The van der Waals surface area contributed by atoms with Gasteiger partial charge >= 0.3 is 6.09 Å². The fourth-order valence-corrected chi connectivity index (χ4v) is 9.12. The van der Waals surface area contributed by atoms with Gasteiger partial charge in [-0.2, -0.15) is 0 Å². The molecule has 1 aromatic carbocycles. The van der Waals surface area contributed by atoms with Crippen LogP contribution in [0.1, 0.15) is 106 Å². The SMILES string of the molecule is CC(C)n1nc(O[C@@H]2C[C@H]3C(=O)N[C@]4(C(=O)NS(=O)(=O)C5(C)CC5)C[C@H]4/C=C\CC[C@H](C)C[C@@H](C)[C@H](NC(=O)OC(C)(C)C)C(=O)N3C2)c2ccccc2c1=O. The number of hydrogen-bond donors (Lipinski definition) is 3. The van der Waals surface area contributed by atoms with Crippen LogP contribution < -0.4 is 25.7 Å². The maximum Gasteiger partial charge on any atom is 0.408 e. The van der Waals surface area contributed by atoms with Crippen LogP contribution in [0.2, 0.25) is 0 Å². The number of carbonyl (C=O) groups excluding carboxylic acids is 4. The Morgan fingerprint density at radius 2 is 1.73 bits per heavy atom. The van der Waals surface area contributed by atoms with E-state index in [2.05, 4.69) is 27.4 Å². The molecule has 2 aliphatic heterocycles. The van der Waals surface area contributed by atoms with Gasteiger partial charge < -0.3 is 25.0 Å². The summed E-state index contributed by atoms with van der Waals surface area (Å²) in [6.45, 7) is 14.3. The summed E-state index contributed by atoms with van der Waals surface area (Å²) in [6.07, 6.45) is 5.22. The predicted octanol–water partition coefficient (Wildman–Crippen LogP) is 4.10. The van der Waals surface area contributed by atoms with Gasteiger partial charge in [0.15, 0.2) is 0 Å². The minimum absolute atomic E-state index is 0.0209. The van der Waals surface area contributed by atoms with Crippen LogP contribution in [0, 0.1) is 17.8 Å². The number of aromatic nitrogens is 2. The van der Waals surface area contributed by atoms with Crippen molar-refractivity contribution < 1.29 is 37.1 Å². The summed E-state index contributed by atoms with van der Waals surface area (Å²) >= 11 is 0. The van der Waals surface area contributed by atoms with E-state index in [1.54, 1.807) is 52.0 Å². The topological polar surface area (TPSA) is 195 Å². The van der Waals surface area contributed by atoms with E-state index in [1.165, 1.54) is 9.58 Å². The number of carbonyl (C=O) groups is 4. The number of rotatable bonds is 7. The molecule has 0 radical (unpaired) electrons. The lowest BCUT2D eigenvalue weighted by molar-refractivity contribution is -0.142. The molecule has 4 aliphatic rings. The maximum atomic E-state index is 14.8. The number of sulfonamides is 1. The number of hydrogen-bond acceptors (Lipinski definition) is 10. The molecular formula is C40H56N6O9S. The van der Waals surface area contributed by atoms with E-state index >= 15 is 0 Å². The van der Waals surface area contributed by atoms with Crippen molar-refractivity contribution in [3.63, 3.8) is 0 Å². The molecule has 2 aromatic rings. The van der Waals surface area contributed by atoms with Crippen LogP contribution in [-0.2, 0) is 29.1 Å². The third-order valence-corrected chi connectivity index (χ3v) is 13.6. The smallest absolute Gasteiger partial charge is 0.408 e. The molecule has 1 saturated heterocycles. The first-order chi connectivity index (χ1) is 26.1. The van der Waals surface area contributed by atoms with Gasteiger partial charge in [-0.3, -0.25) is 23.9 Å².